The van der Waals surface area contributed by atoms with E-state index in [1.54, 1.807) is 128 Å². The van der Waals surface area contributed by atoms with Gasteiger partial charge < -0.3 is 61.0 Å². The van der Waals surface area contributed by atoms with Crippen molar-refractivity contribution in [2.45, 2.75) is 41.2 Å². The maximum Gasteiger partial charge on any atom is 0.321 e. The summed E-state index contributed by atoms with van der Waals surface area (Å²) in [6.45, 7) is 11.6. The van der Waals surface area contributed by atoms with Crippen molar-refractivity contribution in [2.75, 3.05) is 61.7 Å². The normalized spacial score (nSPS) is 10.8. The lowest BCUT2D eigenvalue weighted by Gasteiger charge is -2.13. The van der Waals surface area contributed by atoms with Gasteiger partial charge in [-0.2, -0.15) is 5.10 Å². The van der Waals surface area contributed by atoms with E-state index in [1.807, 2.05) is 150 Å². The van der Waals surface area contributed by atoms with Crippen LogP contribution in [0, 0.1) is 12.7 Å². The molecule has 17 rings (SSSR count). The molecule has 35 heteroatoms. The van der Waals surface area contributed by atoms with Crippen LogP contribution in [0.3, 0.4) is 0 Å². The first-order chi connectivity index (χ1) is 60.3. The standard InChI is InChI=1S/C28H25FN6O2.C22H22N6O3.C20H19N7O2.C19H17N7O/c1-3-30-28(37)34-27-32-24-14-20(13-22(26(24)33-27)23-6-4-5-11-31-23)19-12-17(2)35(25(36)15-19)16-18-7-9-21(29)10-8-18;1-4-24-22(29)28-21-26-17-9-14(13-6-5-7-23-11-13)8-15(20(17)27-21)16-10-18(30-2)19(31-3)12-25-16;1-2-22-20(29)26-19-24-15-10-14(12-5-3-6-13(9-12)18(21)28)11-16(17(15)25-19)27-8-4-7-23-27;1-2-22-19(27)26-18-24-15-9-13(12-4-3-5-20-10-12)8-14(17(15)25-18)16-11-21-6-7-23-16/h4-15H,3,16H2,1-2H3,(H3,30,32,33,34,37);5-12H,4H2,1-3H3,(H3,24,26,27,28,29);3-11H,2H2,1H3,(H2,21,28)(H3,22,24,25,26,29);3-11H,2H2,1H3,(H3,22,24,25,26,27). The second-order valence-electron chi connectivity index (χ2n) is 27.5. The average molecular weight is 1660 g/mol. The number of halogens is 1. The number of rotatable bonds is 21. The number of ether oxygens (including phenoxy) is 2. The number of carbonyl (C=O) groups is 5. The number of anilines is 4. The molecule has 0 aliphatic carbocycles. The van der Waals surface area contributed by atoms with Gasteiger partial charge in [0.05, 0.1) is 89.0 Å². The number of aryl methyl sites for hydroxylation is 1. The molecule has 0 atom stereocenters. The molecule has 34 nitrogen and oxygen atoms in total. The number of nitrogens with zero attached hydrogens (tertiary/aromatic N) is 13. The minimum absolute atomic E-state index is 0.165. The molecule has 6 aromatic carbocycles. The Hall–Kier alpha value is -16.9. The highest BCUT2D eigenvalue weighted by Crippen LogP contribution is 2.39. The van der Waals surface area contributed by atoms with Gasteiger partial charge in [0.1, 0.15) is 16.9 Å². The monoisotopic (exact) mass is 1660 g/mol. The van der Waals surface area contributed by atoms with E-state index in [9.17, 15) is 33.2 Å². The number of benzene rings is 6. The zero-order valence-electron chi connectivity index (χ0n) is 68.0. The molecular formula is C89H83FN26O8. The van der Waals surface area contributed by atoms with Crippen LogP contribution in [0.5, 0.6) is 11.5 Å². The molecule has 11 heterocycles. The van der Waals surface area contributed by atoms with E-state index in [4.69, 9.17) is 15.2 Å². The minimum Gasteiger partial charge on any atom is -0.493 e. The number of H-pyrrole nitrogens is 4. The Morgan fingerprint density at radius 2 is 0.911 bits per heavy atom. The largest absolute Gasteiger partial charge is 0.493 e. The summed E-state index contributed by atoms with van der Waals surface area (Å²) >= 11 is 0. The Balaban J connectivity index is 0.000000135. The number of imidazole rings is 4. The second-order valence-corrected chi connectivity index (χ2v) is 27.5. The van der Waals surface area contributed by atoms with E-state index in [2.05, 4.69) is 117 Å². The summed E-state index contributed by atoms with van der Waals surface area (Å²) in [6, 6.07) is 47.9. The highest BCUT2D eigenvalue weighted by molar-refractivity contribution is 6.02. The van der Waals surface area contributed by atoms with Crippen molar-refractivity contribution >= 4 is 98.0 Å². The fraction of sp³-hybridized carbons (Fsp3) is 0.135. The highest BCUT2D eigenvalue weighted by atomic mass is 19.1. The summed E-state index contributed by atoms with van der Waals surface area (Å²) in [5, 5.41) is 25.8. The molecule has 0 fully saturated rings. The molecule has 14 N–H and O–H groups in total. The molecule has 0 saturated carbocycles. The van der Waals surface area contributed by atoms with E-state index < -0.39 is 5.91 Å². The Kier molecular flexibility index (Phi) is 26.1. The molecule has 0 aliphatic heterocycles. The topological polar surface area (TPSA) is 458 Å². The van der Waals surface area contributed by atoms with Gasteiger partial charge >= 0.3 is 24.1 Å². The summed E-state index contributed by atoms with van der Waals surface area (Å²) in [7, 11) is 3.14. The van der Waals surface area contributed by atoms with Gasteiger partial charge in [0, 0.05) is 133 Å². The highest BCUT2D eigenvalue weighted by Gasteiger charge is 2.22. The predicted molar refractivity (Wildman–Crippen MR) is 473 cm³/mol. The van der Waals surface area contributed by atoms with Crippen molar-refractivity contribution in [3.8, 4) is 95.5 Å². The van der Waals surface area contributed by atoms with Crippen molar-refractivity contribution in [1.29, 1.82) is 0 Å². The first kappa shape index (κ1) is 83.6. The molecule has 124 heavy (non-hydrogen) atoms. The van der Waals surface area contributed by atoms with Crippen LogP contribution in [-0.4, -0.2) is 155 Å². The third-order valence-corrected chi connectivity index (χ3v) is 19.1. The summed E-state index contributed by atoms with van der Waals surface area (Å²) in [5.41, 5.74) is 25.1. The second kappa shape index (κ2) is 38.7. The molecule has 0 unspecified atom stereocenters. The summed E-state index contributed by atoms with van der Waals surface area (Å²) in [5.74, 6) is 1.62. The molecule has 0 aliphatic rings. The van der Waals surface area contributed by atoms with Crippen LogP contribution >= 0.6 is 0 Å². The quantitative estimate of drug-likeness (QED) is 0.0318. The number of aromatic nitrogens is 17. The van der Waals surface area contributed by atoms with Gasteiger partial charge in [-0.25, -0.2) is 48.2 Å². The number of nitrogens with one attached hydrogen (secondary N) is 12. The van der Waals surface area contributed by atoms with Crippen LogP contribution in [-0.2, 0) is 6.54 Å². The number of hydrogen-bond acceptors (Lipinski definition) is 19. The van der Waals surface area contributed by atoms with Gasteiger partial charge in [0.15, 0.2) is 11.5 Å². The Morgan fingerprint density at radius 3 is 1.38 bits per heavy atom. The van der Waals surface area contributed by atoms with Crippen molar-refractivity contribution in [3.63, 3.8) is 0 Å². The molecular weight excluding hydrogens is 1580 g/mol. The van der Waals surface area contributed by atoms with Gasteiger partial charge in [-0.15, -0.1) is 0 Å². The Morgan fingerprint density at radius 1 is 0.427 bits per heavy atom. The third-order valence-electron chi connectivity index (χ3n) is 19.1. The van der Waals surface area contributed by atoms with Crippen molar-refractivity contribution < 1.29 is 37.8 Å². The number of fused-ring (bicyclic) bond motifs is 4. The summed E-state index contributed by atoms with van der Waals surface area (Å²) in [6.07, 6.45) is 18.8. The lowest BCUT2D eigenvalue weighted by molar-refractivity contribution is 0.1000. The molecule has 0 radical (unpaired) electrons. The lowest BCUT2D eigenvalue weighted by Crippen LogP contribution is -2.28. The third kappa shape index (κ3) is 19.9. The van der Waals surface area contributed by atoms with Crippen LogP contribution in [0.4, 0.5) is 47.4 Å². The van der Waals surface area contributed by atoms with E-state index in [-0.39, 0.29) is 35.5 Å². The summed E-state index contributed by atoms with van der Waals surface area (Å²) in [4.78, 5) is 129. The first-order valence-electron chi connectivity index (χ1n) is 39.1. The fourth-order valence-electron chi connectivity index (χ4n) is 13.4. The first-order valence-corrected chi connectivity index (χ1v) is 39.1. The molecule has 0 bridgehead atoms. The van der Waals surface area contributed by atoms with Crippen molar-refractivity contribution in [2.24, 2.45) is 5.73 Å². The van der Waals surface area contributed by atoms with Crippen LogP contribution in [0.2, 0.25) is 0 Å². The van der Waals surface area contributed by atoms with E-state index in [1.165, 1.54) is 12.1 Å². The lowest BCUT2D eigenvalue weighted by atomic mass is 9.99. The van der Waals surface area contributed by atoms with Gasteiger partial charge in [-0.05, 0) is 183 Å². The van der Waals surface area contributed by atoms with Crippen LogP contribution in [0.1, 0.15) is 49.3 Å². The minimum atomic E-state index is -0.491. The van der Waals surface area contributed by atoms with Crippen molar-refractivity contribution in [1.82, 2.24) is 105 Å². The van der Waals surface area contributed by atoms with E-state index in [0.29, 0.717) is 124 Å². The summed E-state index contributed by atoms with van der Waals surface area (Å²) < 4.78 is 27.4. The molecule has 624 valence electrons. The number of primary amides is 1. The Labute approximate surface area is 706 Å². The van der Waals surface area contributed by atoms with Crippen LogP contribution < -0.4 is 63.3 Å². The molecule has 9 amide bonds. The number of methoxy groups -OCH3 is 2. The fourth-order valence-corrected chi connectivity index (χ4v) is 13.4. The number of urea groups is 4. The number of carbonyl (C=O) groups excluding carboxylic acids is 5. The van der Waals surface area contributed by atoms with Crippen LogP contribution in [0.15, 0.2) is 237 Å². The van der Waals surface area contributed by atoms with Gasteiger partial charge in [0.25, 0.3) is 5.56 Å². The van der Waals surface area contributed by atoms with Gasteiger partial charge in [0.2, 0.25) is 29.7 Å². The zero-order valence-corrected chi connectivity index (χ0v) is 68.0. The number of pyridine rings is 5. The number of nitrogens with two attached hydrogens (primary N) is 1. The van der Waals surface area contributed by atoms with Gasteiger partial charge in [-0.3, -0.25) is 60.8 Å². The SMILES string of the molecule is CCNC(=O)Nc1nc2c(-c3cc(OC)c(OC)cn3)cc(-c3cccnc3)cc2[nH]1.CCNC(=O)Nc1nc2c(-c3ccccn3)cc(-c3cc(C)n(Cc4ccc(F)cc4)c(=O)c3)cc2[nH]1.CCNC(=O)Nc1nc2c(-c3cnccn3)cc(-c3cccnc3)cc2[nH]1.CCNC(=O)Nc1nc2c(-n3cccn3)cc(-c3cccc(C(N)=O)c3)cc2[nH]1. The maximum absolute atomic E-state index is 13.3. The van der Waals surface area contributed by atoms with E-state index >= 15 is 0 Å². The maximum atomic E-state index is 13.3. The van der Waals surface area contributed by atoms with E-state index in [0.717, 1.165) is 89.2 Å². The molecule has 17 aromatic rings. The van der Waals surface area contributed by atoms with Crippen LogP contribution in [0.25, 0.3) is 128 Å². The number of aromatic amines is 4. The predicted octanol–water partition coefficient (Wildman–Crippen LogP) is 14.8. The van der Waals surface area contributed by atoms with Crippen molar-refractivity contribution in [3.05, 3.63) is 265 Å². The number of amides is 9. The zero-order chi connectivity index (χ0) is 86.8. The smallest absolute Gasteiger partial charge is 0.321 e. The molecule has 11 aromatic heterocycles. The Bertz CT molecular complexity index is 6750. The molecule has 0 saturated heterocycles. The molecule has 0 spiro atoms. The number of hydrogen-bond donors (Lipinski definition) is 13. The average Bonchev–Trinajstić information content (AvgIpc) is 1.59. The van der Waals surface area contributed by atoms with Gasteiger partial charge in [-0.1, -0.05) is 42.5 Å².